The van der Waals surface area contributed by atoms with Gasteiger partial charge in [-0.25, -0.2) is 0 Å². The Balaban J connectivity index is 1.80. The van der Waals surface area contributed by atoms with Gasteiger partial charge in [-0.15, -0.1) is 11.8 Å². The molecule has 2 aromatic rings. The number of carbonyl (C=O) groups is 1. The largest absolute Gasteiger partial charge is 0.342 e. The highest BCUT2D eigenvalue weighted by Gasteiger charge is 2.24. The second-order valence-corrected chi connectivity index (χ2v) is 6.51. The van der Waals surface area contributed by atoms with E-state index in [1.54, 1.807) is 18.0 Å². The van der Waals surface area contributed by atoms with Crippen molar-refractivity contribution in [3.05, 3.63) is 36.5 Å². The zero-order chi connectivity index (χ0) is 13.9. The number of rotatable bonds is 3. The van der Waals surface area contributed by atoms with Crippen LogP contribution in [-0.4, -0.2) is 34.1 Å². The van der Waals surface area contributed by atoms with Crippen molar-refractivity contribution in [1.82, 2.24) is 9.88 Å². The number of likely N-dealkylation sites (tertiary alicyclic amines) is 1. The molecule has 1 amide bonds. The third-order valence-corrected chi connectivity index (χ3v) is 4.80. The van der Waals surface area contributed by atoms with E-state index < -0.39 is 0 Å². The summed E-state index contributed by atoms with van der Waals surface area (Å²) in [5.74, 6) is 0.250. The van der Waals surface area contributed by atoms with Gasteiger partial charge in [-0.05, 0) is 31.9 Å². The molecule has 1 saturated heterocycles. The van der Waals surface area contributed by atoms with Gasteiger partial charge in [0.1, 0.15) is 0 Å². The van der Waals surface area contributed by atoms with E-state index in [0.717, 1.165) is 41.7 Å². The first-order valence-electron chi connectivity index (χ1n) is 7.05. The number of hydrogen-bond donors (Lipinski definition) is 0. The average Bonchev–Trinajstić information content (AvgIpc) is 3.01. The lowest BCUT2D eigenvalue weighted by Gasteiger charge is -2.20. The maximum atomic E-state index is 12.4. The SMILES string of the molecule is CC(Sc1cccc2cccnc12)C(=O)N1CCCC1. The van der Waals surface area contributed by atoms with Gasteiger partial charge in [-0.2, -0.15) is 0 Å². The van der Waals surface area contributed by atoms with Crippen molar-refractivity contribution in [2.75, 3.05) is 13.1 Å². The summed E-state index contributed by atoms with van der Waals surface area (Å²) in [6, 6.07) is 10.1. The summed E-state index contributed by atoms with van der Waals surface area (Å²) in [4.78, 5) is 19.9. The van der Waals surface area contributed by atoms with Gasteiger partial charge >= 0.3 is 0 Å². The van der Waals surface area contributed by atoms with Crippen LogP contribution in [-0.2, 0) is 4.79 Å². The number of benzene rings is 1. The fourth-order valence-electron chi connectivity index (χ4n) is 2.61. The maximum Gasteiger partial charge on any atom is 0.235 e. The van der Waals surface area contributed by atoms with Gasteiger partial charge in [-0.3, -0.25) is 9.78 Å². The van der Waals surface area contributed by atoms with E-state index in [9.17, 15) is 4.79 Å². The Morgan fingerprint density at radius 2 is 2.00 bits per heavy atom. The molecule has 0 spiro atoms. The van der Waals surface area contributed by atoms with Crippen molar-refractivity contribution in [3.8, 4) is 0 Å². The number of hydrogen-bond acceptors (Lipinski definition) is 3. The molecule has 0 radical (unpaired) electrons. The molecule has 0 N–H and O–H groups in total. The minimum Gasteiger partial charge on any atom is -0.342 e. The van der Waals surface area contributed by atoms with E-state index in [0.29, 0.717) is 0 Å². The van der Waals surface area contributed by atoms with E-state index in [4.69, 9.17) is 0 Å². The van der Waals surface area contributed by atoms with Crippen LogP contribution in [0.1, 0.15) is 19.8 Å². The molecule has 1 unspecified atom stereocenters. The van der Waals surface area contributed by atoms with E-state index >= 15 is 0 Å². The van der Waals surface area contributed by atoms with Crippen molar-refractivity contribution < 1.29 is 4.79 Å². The number of amides is 1. The van der Waals surface area contributed by atoms with Crippen LogP contribution in [0.2, 0.25) is 0 Å². The molecule has 0 aliphatic carbocycles. The fourth-order valence-corrected chi connectivity index (χ4v) is 3.68. The third kappa shape index (κ3) is 2.66. The summed E-state index contributed by atoms with van der Waals surface area (Å²) in [6.45, 7) is 3.82. The normalized spacial score (nSPS) is 16.6. The molecule has 1 aromatic carbocycles. The van der Waals surface area contributed by atoms with Gasteiger partial charge in [0, 0.05) is 29.6 Å². The van der Waals surface area contributed by atoms with Gasteiger partial charge in [0.2, 0.25) is 5.91 Å². The highest BCUT2D eigenvalue weighted by molar-refractivity contribution is 8.00. The molecule has 0 bridgehead atoms. The number of nitrogens with zero attached hydrogens (tertiary/aromatic N) is 2. The molecule has 2 heterocycles. The van der Waals surface area contributed by atoms with Gasteiger partial charge in [0.05, 0.1) is 10.8 Å². The predicted molar refractivity (Wildman–Crippen MR) is 82.9 cm³/mol. The predicted octanol–water partition coefficient (Wildman–Crippen LogP) is 3.34. The summed E-state index contributed by atoms with van der Waals surface area (Å²) in [5, 5.41) is 1.07. The molecule has 1 aliphatic rings. The van der Waals surface area contributed by atoms with E-state index in [1.807, 2.05) is 30.0 Å². The van der Waals surface area contributed by atoms with Gasteiger partial charge in [0.25, 0.3) is 0 Å². The highest BCUT2D eigenvalue weighted by Crippen LogP contribution is 2.30. The second-order valence-electron chi connectivity index (χ2n) is 5.12. The first kappa shape index (κ1) is 13.4. The lowest BCUT2D eigenvalue weighted by molar-refractivity contribution is -0.129. The molecular weight excluding hydrogens is 268 g/mol. The van der Waals surface area contributed by atoms with Gasteiger partial charge < -0.3 is 4.90 Å². The molecule has 4 heteroatoms. The molecule has 1 aromatic heterocycles. The number of pyridine rings is 1. The third-order valence-electron chi connectivity index (χ3n) is 3.66. The number of aromatic nitrogens is 1. The zero-order valence-electron chi connectivity index (χ0n) is 11.6. The molecule has 20 heavy (non-hydrogen) atoms. The number of para-hydroxylation sites is 1. The van der Waals surface area contributed by atoms with Crippen molar-refractivity contribution in [2.24, 2.45) is 0 Å². The second kappa shape index (κ2) is 5.83. The van der Waals surface area contributed by atoms with Crippen LogP contribution in [0.15, 0.2) is 41.4 Å². The van der Waals surface area contributed by atoms with Crippen LogP contribution in [0.25, 0.3) is 10.9 Å². The van der Waals surface area contributed by atoms with Gasteiger partial charge in [0.15, 0.2) is 0 Å². The summed E-state index contributed by atoms with van der Waals surface area (Å²) < 4.78 is 0. The van der Waals surface area contributed by atoms with Crippen molar-refractivity contribution in [1.29, 1.82) is 0 Å². The molecule has 3 rings (SSSR count). The Kier molecular flexibility index (Phi) is 3.92. The van der Waals surface area contributed by atoms with Crippen LogP contribution in [0.5, 0.6) is 0 Å². The molecule has 104 valence electrons. The lowest BCUT2D eigenvalue weighted by atomic mass is 10.2. The smallest absolute Gasteiger partial charge is 0.235 e. The van der Waals surface area contributed by atoms with Crippen LogP contribution in [0, 0.1) is 0 Å². The number of fused-ring (bicyclic) bond motifs is 1. The summed E-state index contributed by atoms with van der Waals surface area (Å²) in [6.07, 6.45) is 4.08. The van der Waals surface area contributed by atoms with E-state index in [1.165, 1.54) is 0 Å². The Hall–Kier alpha value is -1.55. The van der Waals surface area contributed by atoms with Crippen molar-refractivity contribution in [2.45, 2.75) is 29.9 Å². The van der Waals surface area contributed by atoms with Crippen LogP contribution >= 0.6 is 11.8 Å². The molecule has 3 nitrogen and oxygen atoms in total. The highest BCUT2D eigenvalue weighted by atomic mass is 32.2. The fraction of sp³-hybridized carbons (Fsp3) is 0.375. The Labute approximate surface area is 123 Å². The molecule has 0 saturated carbocycles. The molecule has 1 atom stereocenters. The average molecular weight is 286 g/mol. The van der Waals surface area contributed by atoms with E-state index in [-0.39, 0.29) is 11.2 Å². The Bertz CT molecular complexity index is 617. The molecular formula is C16H18N2OS. The van der Waals surface area contributed by atoms with Gasteiger partial charge in [-0.1, -0.05) is 18.2 Å². The first-order chi connectivity index (χ1) is 9.75. The monoisotopic (exact) mass is 286 g/mol. The number of thioether (sulfide) groups is 1. The Morgan fingerprint density at radius 3 is 2.80 bits per heavy atom. The Morgan fingerprint density at radius 1 is 1.25 bits per heavy atom. The zero-order valence-corrected chi connectivity index (χ0v) is 12.4. The standard InChI is InChI=1S/C16H18N2OS/c1-12(16(19)18-10-2-3-11-18)20-14-8-4-6-13-7-5-9-17-15(13)14/h4-9,12H,2-3,10-11H2,1H3. The number of carbonyl (C=O) groups excluding carboxylic acids is 1. The maximum absolute atomic E-state index is 12.4. The topological polar surface area (TPSA) is 33.2 Å². The van der Waals surface area contributed by atoms with Crippen LogP contribution in [0.4, 0.5) is 0 Å². The summed E-state index contributed by atoms with van der Waals surface area (Å²) in [7, 11) is 0. The quantitative estimate of drug-likeness (QED) is 0.811. The molecule has 1 fully saturated rings. The van der Waals surface area contributed by atoms with Crippen LogP contribution in [0.3, 0.4) is 0 Å². The minimum absolute atomic E-state index is 0.0549. The lowest BCUT2D eigenvalue weighted by Crippen LogP contribution is -2.34. The first-order valence-corrected chi connectivity index (χ1v) is 7.93. The van der Waals surface area contributed by atoms with Crippen molar-refractivity contribution >= 4 is 28.6 Å². The molecule has 1 aliphatic heterocycles. The van der Waals surface area contributed by atoms with Crippen LogP contribution < -0.4 is 0 Å². The minimum atomic E-state index is -0.0549. The summed E-state index contributed by atoms with van der Waals surface area (Å²) in [5.41, 5.74) is 0.987. The summed E-state index contributed by atoms with van der Waals surface area (Å²) >= 11 is 1.61. The van der Waals surface area contributed by atoms with Crippen molar-refractivity contribution in [3.63, 3.8) is 0 Å². The van der Waals surface area contributed by atoms with E-state index in [2.05, 4.69) is 17.1 Å².